The number of aryl methyl sites for hydroxylation is 1. The lowest BCUT2D eigenvalue weighted by atomic mass is 9.96. The highest BCUT2D eigenvalue weighted by Crippen LogP contribution is 2.44. The number of para-hydroxylation sites is 2. The predicted molar refractivity (Wildman–Crippen MR) is 139 cm³/mol. The number of amides is 2. The molecule has 0 fully saturated rings. The van der Waals surface area contributed by atoms with Gasteiger partial charge in [0.05, 0.1) is 34.8 Å². The summed E-state index contributed by atoms with van der Waals surface area (Å²) in [7, 11) is 2.00. The minimum absolute atomic E-state index is 0.355. The molecule has 2 aromatic heterocycles. The molecule has 7 nitrogen and oxygen atoms in total. The maximum Gasteiger partial charge on any atom is 0.259 e. The molecule has 3 heterocycles. The quantitative estimate of drug-likeness (QED) is 0.369. The molecule has 1 aliphatic rings. The van der Waals surface area contributed by atoms with Crippen molar-refractivity contribution >= 4 is 55.4 Å². The Labute approximate surface area is 202 Å². The molecular weight excluding hydrogens is 440 g/mol. The van der Waals surface area contributed by atoms with Crippen LogP contribution in [0.2, 0.25) is 0 Å². The van der Waals surface area contributed by atoms with E-state index < -0.39 is 6.10 Å². The molecule has 178 valence electrons. The van der Waals surface area contributed by atoms with Gasteiger partial charge in [-0.2, -0.15) is 0 Å². The molecule has 0 spiro atoms. The first-order chi connectivity index (χ1) is 17.0. The highest BCUT2D eigenvalue weighted by Gasteiger charge is 2.36. The fourth-order valence-electron chi connectivity index (χ4n) is 5.90. The van der Waals surface area contributed by atoms with Gasteiger partial charge in [0, 0.05) is 46.2 Å². The number of rotatable bonds is 6. The molecule has 1 unspecified atom stereocenters. The van der Waals surface area contributed by atoms with E-state index in [4.69, 9.17) is 0 Å². The van der Waals surface area contributed by atoms with Gasteiger partial charge in [-0.3, -0.25) is 14.9 Å². The lowest BCUT2D eigenvalue weighted by molar-refractivity contribution is 0.0880. The minimum atomic E-state index is -0.595. The Hall–Kier alpha value is -3.68. The first kappa shape index (κ1) is 21.8. The highest BCUT2D eigenvalue weighted by molar-refractivity contribution is 6.39. The lowest BCUT2D eigenvalue weighted by Gasteiger charge is -2.23. The number of nitrogens with one attached hydrogen (secondary N) is 1. The van der Waals surface area contributed by atoms with Crippen LogP contribution in [0.25, 0.3) is 43.6 Å². The van der Waals surface area contributed by atoms with E-state index >= 15 is 0 Å². The van der Waals surface area contributed by atoms with Gasteiger partial charge in [0.15, 0.2) is 0 Å². The summed E-state index contributed by atoms with van der Waals surface area (Å²) in [4.78, 5) is 28.5. The van der Waals surface area contributed by atoms with Crippen molar-refractivity contribution in [2.45, 2.75) is 26.5 Å². The van der Waals surface area contributed by atoms with E-state index in [1.165, 1.54) is 0 Å². The fraction of sp³-hybridized carbons (Fsp3) is 0.286. The number of hydrogen-bond acceptors (Lipinski definition) is 4. The second-order valence-electron chi connectivity index (χ2n) is 9.32. The molecule has 3 aromatic carbocycles. The van der Waals surface area contributed by atoms with Crippen LogP contribution in [0.5, 0.6) is 0 Å². The SMILES string of the molecule is CCN(CC)CC(O)Cn1c2ccccc2c2c3c(c4c5ccccc5n(C)c4c21)C(=O)NC3=O. The summed E-state index contributed by atoms with van der Waals surface area (Å²) < 4.78 is 4.24. The molecule has 2 amide bonds. The van der Waals surface area contributed by atoms with Crippen molar-refractivity contribution < 1.29 is 14.7 Å². The lowest BCUT2D eigenvalue weighted by Crippen LogP contribution is -2.34. The number of aliphatic hydroxyl groups is 1. The van der Waals surface area contributed by atoms with Crippen molar-refractivity contribution in [2.24, 2.45) is 7.05 Å². The average Bonchev–Trinajstić information content (AvgIpc) is 3.45. The Balaban J connectivity index is 1.78. The topological polar surface area (TPSA) is 79.5 Å². The normalized spacial score (nSPS) is 14.7. The first-order valence-electron chi connectivity index (χ1n) is 12.2. The summed E-state index contributed by atoms with van der Waals surface area (Å²) in [6, 6.07) is 15.9. The molecule has 1 atom stereocenters. The van der Waals surface area contributed by atoms with Crippen LogP contribution in [-0.2, 0) is 13.6 Å². The Kier molecular flexibility index (Phi) is 4.95. The summed E-state index contributed by atoms with van der Waals surface area (Å²) in [5.74, 6) is -0.719. The van der Waals surface area contributed by atoms with Crippen LogP contribution in [0.15, 0.2) is 48.5 Å². The standard InChI is InChI=1S/C28H28N4O3/c1-4-31(5-2)14-16(33)15-32-20-13-9-7-11-18(20)22-24-23(27(34)29-28(24)35)21-17-10-6-8-12-19(17)30(3)25(21)26(22)32/h6-13,16,33H,4-5,14-15H2,1-3H3,(H,29,34,35). The van der Waals surface area contributed by atoms with E-state index in [9.17, 15) is 14.7 Å². The van der Waals surface area contributed by atoms with Gasteiger partial charge in [0.1, 0.15) is 0 Å². The van der Waals surface area contributed by atoms with Crippen molar-refractivity contribution in [3.05, 3.63) is 59.7 Å². The Morgan fingerprint density at radius 2 is 1.40 bits per heavy atom. The van der Waals surface area contributed by atoms with E-state index in [0.29, 0.717) is 24.2 Å². The third kappa shape index (κ3) is 2.98. The zero-order valence-electron chi connectivity index (χ0n) is 20.1. The third-order valence-electron chi connectivity index (χ3n) is 7.49. The van der Waals surface area contributed by atoms with Gasteiger partial charge in [0.25, 0.3) is 11.8 Å². The second-order valence-corrected chi connectivity index (χ2v) is 9.32. The number of carbonyl (C=O) groups excluding carboxylic acids is 2. The van der Waals surface area contributed by atoms with Gasteiger partial charge < -0.3 is 19.1 Å². The molecule has 2 N–H and O–H groups in total. The number of aromatic nitrogens is 2. The summed E-state index contributed by atoms with van der Waals surface area (Å²) in [6.45, 7) is 6.85. The van der Waals surface area contributed by atoms with Crippen molar-refractivity contribution in [2.75, 3.05) is 19.6 Å². The minimum Gasteiger partial charge on any atom is -0.390 e. The largest absolute Gasteiger partial charge is 0.390 e. The zero-order valence-corrected chi connectivity index (χ0v) is 20.1. The van der Waals surface area contributed by atoms with Crippen LogP contribution in [0.3, 0.4) is 0 Å². The van der Waals surface area contributed by atoms with Crippen LogP contribution < -0.4 is 5.32 Å². The monoisotopic (exact) mass is 468 g/mol. The molecule has 6 rings (SSSR count). The van der Waals surface area contributed by atoms with Gasteiger partial charge in [-0.1, -0.05) is 50.2 Å². The number of fused-ring (bicyclic) bond motifs is 10. The number of nitrogens with zero attached hydrogens (tertiary/aromatic N) is 3. The number of hydrogen-bond donors (Lipinski definition) is 2. The van der Waals surface area contributed by atoms with E-state index in [1.807, 2.05) is 55.6 Å². The summed E-state index contributed by atoms with van der Waals surface area (Å²) in [5, 5.41) is 17.1. The van der Waals surface area contributed by atoms with E-state index in [1.54, 1.807) is 0 Å². The summed E-state index contributed by atoms with van der Waals surface area (Å²) >= 11 is 0. The highest BCUT2D eigenvalue weighted by atomic mass is 16.3. The number of carbonyl (C=O) groups is 2. The molecule has 7 heteroatoms. The molecule has 0 saturated heterocycles. The molecule has 0 aliphatic carbocycles. The Morgan fingerprint density at radius 1 is 0.857 bits per heavy atom. The van der Waals surface area contributed by atoms with Crippen LogP contribution in [0, 0.1) is 0 Å². The van der Waals surface area contributed by atoms with Crippen molar-refractivity contribution in [3.8, 4) is 0 Å². The molecule has 0 bridgehead atoms. The van der Waals surface area contributed by atoms with Crippen LogP contribution in [0.4, 0.5) is 0 Å². The van der Waals surface area contributed by atoms with E-state index in [2.05, 4.69) is 33.2 Å². The second kappa shape index (κ2) is 7.93. The van der Waals surface area contributed by atoms with Crippen molar-refractivity contribution in [3.63, 3.8) is 0 Å². The predicted octanol–water partition coefficient (Wildman–Crippen LogP) is 4.03. The molecule has 35 heavy (non-hydrogen) atoms. The number of imide groups is 1. The first-order valence-corrected chi connectivity index (χ1v) is 12.2. The third-order valence-corrected chi connectivity index (χ3v) is 7.49. The van der Waals surface area contributed by atoms with Gasteiger partial charge in [-0.15, -0.1) is 0 Å². The van der Waals surface area contributed by atoms with Gasteiger partial charge in [0.2, 0.25) is 0 Å². The van der Waals surface area contributed by atoms with Gasteiger partial charge in [-0.05, 0) is 25.2 Å². The number of likely N-dealkylation sites (N-methyl/N-ethyl adjacent to an activating group) is 1. The maximum absolute atomic E-state index is 13.2. The number of benzene rings is 3. The van der Waals surface area contributed by atoms with Crippen molar-refractivity contribution in [1.82, 2.24) is 19.4 Å². The maximum atomic E-state index is 13.2. The number of aliphatic hydroxyl groups excluding tert-OH is 1. The molecular formula is C28H28N4O3. The van der Waals surface area contributed by atoms with Crippen molar-refractivity contribution in [1.29, 1.82) is 0 Å². The van der Waals surface area contributed by atoms with E-state index in [-0.39, 0.29) is 11.8 Å². The molecule has 0 radical (unpaired) electrons. The average molecular weight is 469 g/mol. The molecule has 5 aromatic rings. The molecule has 0 saturated carbocycles. The zero-order chi connectivity index (χ0) is 24.4. The Bertz CT molecular complexity index is 1670. The Morgan fingerprint density at radius 3 is 2.03 bits per heavy atom. The smallest absolute Gasteiger partial charge is 0.259 e. The van der Waals surface area contributed by atoms with Crippen LogP contribution in [-0.4, -0.2) is 56.7 Å². The van der Waals surface area contributed by atoms with Crippen LogP contribution in [0.1, 0.15) is 34.6 Å². The fourth-order valence-corrected chi connectivity index (χ4v) is 5.90. The van der Waals surface area contributed by atoms with Gasteiger partial charge >= 0.3 is 0 Å². The van der Waals surface area contributed by atoms with E-state index in [0.717, 1.165) is 56.7 Å². The summed E-state index contributed by atoms with van der Waals surface area (Å²) in [6.07, 6.45) is -0.595. The van der Waals surface area contributed by atoms with Gasteiger partial charge in [-0.25, -0.2) is 0 Å². The summed E-state index contributed by atoms with van der Waals surface area (Å²) in [5.41, 5.74) is 4.58. The van der Waals surface area contributed by atoms with Crippen LogP contribution >= 0.6 is 0 Å². The molecule has 1 aliphatic heterocycles.